The lowest BCUT2D eigenvalue weighted by molar-refractivity contribution is -0.0366. The van der Waals surface area contributed by atoms with Gasteiger partial charge in [0.25, 0.3) is 0 Å². The summed E-state index contributed by atoms with van der Waals surface area (Å²) in [5.74, 6) is 0.156. The largest absolute Gasteiger partial charge is 0.465 e. The first-order chi connectivity index (χ1) is 11.2. The van der Waals surface area contributed by atoms with E-state index in [0.29, 0.717) is 11.5 Å². The number of nitrogens with zero attached hydrogens (tertiary/aromatic N) is 2. The second kappa shape index (κ2) is 5.91. The summed E-state index contributed by atoms with van der Waals surface area (Å²) >= 11 is 3.71. The topological polar surface area (TPSA) is 53.3 Å². The molecule has 1 atom stereocenters. The smallest absolute Gasteiger partial charge is 0.338 e. The Hall–Kier alpha value is -1.40. The summed E-state index contributed by atoms with van der Waals surface area (Å²) in [7, 11) is 1.43. The molecule has 1 saturated carbocycles. The number of esters is 1. The number of aromatic nitrogens is 2. The van der Waals surface area contributed by atoms with Gasteiger partial charge in [-0.3, -0.25) is 0 Å². The molecule has 6 heteroatoms. The molecule has 0 amide bonds. The van der Waals surface area contributed by atoms with Crippen LogP contribution in [0.2, 0.25) is 0 Å². The number of benzene rings is 1. The first-order valence-corrected chi connectivity index (χ1v) is 8.89. The zero-order valence-electron chi connectivity index (χ0n) is 13.0. The van der Waals surface area contributed by atoms with E-state index >= 15 is 0 Å². The van der Waals surface area contributed by atoms with Crippen LogP contribution in [0.15, 0.2) is 16.7 Å². The van der Waals surface area contributed by atoms with Crippen molar-refractivity contribution in [2.24, 2.45) is 0 Å². The number of hydrogen-bond donors (Lipinski definition) is 0. The van der Waals surface area contributed by atoms with Crippen molar-refractivity contribution in [2.75, 3.05) is 13.7 Å². The number of carbonyl (C=O) groups excluding carboxylic acids is 1. The Morgan fingerprint density at radius 1 is 1.39 bits per heavy atom. The van der Waals surface area contributed by atoms with Crippen molar-refractivity contribution in [2.45, 2.75) is 44.2 Å². The van der Waals surface area contributed by atoms with E-state index in [4.69, 9.17) is 9.47 Å². The average molecular weight is 379 g/mol. The number of fused-ring (bicyclic) bond motifs is 1. The van der Waals surface area contributed by atoms with E-state index in [2.05, 4.69) is 21.0 Å². The van der Waals surface area contributed by atoms with Gasteiger partial charge < -0.3 is 9.47 Å². The molecule has 1 unspecified atom stereocenters. The minimum atomic E-state index is -0.285. The van der Waals surface area contributed by atoms with Gasteiger partial charge in [-0.15, -0.1) is 0 Å². The van der Waals surface area contributed by atoms with Gasteiger partial charge in [0.15, 0.2) is 6.23 Å². The van der Waals surface area contributed by atoms with Gasteiger partial charge in [-0.2, -0.15) is 5.10 Å². The van der Waals surface area contributed by atoms with Gasteiger partial charge in [-0.25, -0.2) is 9.48 Å². The molecule has 0 N–H and O–H groups in total. The fourth-order valence-corrected chi connectivity index (χ4v) is 4.20. The highest BCUT2D eigenvalue weighted by atomic mass is 79.9. The van der Waals surface area contributed by atoms with Gasteiger partial charge in [0.05, 0.1) is 24.4 Å². The van der Waals surface area contributed by atoms with Crippen LogP contribution in [0.3, 0.4) is 0 Å². The highest BCUT2D eigenvalue weighted by molar-refractivity contribution is 9.10. The van der Waals surface area contributed by atoms with Crippen LogP contribution in [0.4, 0.5) is 0 Å². The lowest BCUT2D eigenvalue weighted by Crippen LogP contribution is -2.19. The van der Waals surface area contributed by atoms with Crippen LogP contribution in [0.1, 0.15) is 60.2 Å². The molecular weight excluding hydrogens is 360 g/mol. The van der Waals surface area contributed by atoms with Crippen LogP contribution in [-0.4, -0.2) is 29.5 Å². The van der Waals surface area contributed by atoms with Crippen molar-refractivity contribution >= 4 is 32.8 Å². The molecule has 2 aliphatic rings. The predicted octanol–water partition coefficient (Wildman–Crippen LogP) is 4.16. The Labute approximate surface area is 143 Å². The van der Waals surface area contributed by atoms with Gasteiger partial charge in [0.2, 0.25) is 0 Å². The summed E-state index contributed by atoms with van der Waals surface area (Å²) in [6.45, 7) is 0.761. The van der Waals surface area contributed by atoms with E-state index in [9.17, 15) is 4.79 Å². The fraction of sp³-hybridized carbons (Fsp3) is 0.529. The number of carbonyl (C=O) groups is 1. The van der Waals surface area contributed by atoms with Crippen molar-refractivity contribution < 1.29 is 14.3 Å². The zero-order chi connectivity index (χ0) is 16.0. The Balaban J connectivity index is 1.88. The molecule has 1 aliphatic heterocycles. The van der Waals surface area contributed by atoms with Gasteiger partial charge in [0, 0.05) is 16.5 Å². The van der Waals surface area contributed by atoms with Crippen molar-refractivity contribution in [3.63, 3.8) is 0 Å². The van der Waals surface area contributed by atoms with Crippen molar-refractivity contribution in [1.29, 1.82) is 0 Å². The number of halogens is 1. The minimum absolute atomic E-state index is 0.0505. The van der Waals surface area contributed by atoms with Crippen molar-refractivity contribution in [3.8, 4) is 0 Å². The molecule has 4 rings (SSSR count). The van der Waals surface area contributed by atoms with Crippen LogP contribution in [0.25, 0.3) is 10.9 Å². The van der Waals surface area contributed by atoms with E-state index in [1.54, 1.807) is 0 Å². The first kappa shape index (κ1) is 15.1. The highest BCUT2D eigenvalue weighted by Gasteiger charge is 2.33. The summed E-state index contributed by atoms with van der Waals surface area (Å²) in [6, 6.07) is 1.92. The molecule has 0 radical (unpaired) electrons. The molecule has 1 aromatic carbocycles. The molecule has 1 aromatic heterocycles. The SMILES string of the molecule is COC(=O)c1cc2c(cnn2C2CCCCO2)c(Br)c1C1CC1. The Morgan fingerprint density at radius 3 is 2.87 bits per heavy atom. The molecule has 2 fully saturated rings. The summed E-state index contributed by atoms with van der Waals surface area (Å²) in [4.78, 5) is 12.3. The van der Waals surface area contributed by atoms with E-state index < -0.39 is 0 Å². The molecule has 0 spiro atoms. The van der Waals surface area contributed by atoms with E-state index in [1.807, 2.05) is 16.9 Å². The lowest BCUT2D eigenvalue weighted by Gasteiger charge is -2.23. The van der Waals surface area contributed by atoms with Gasteiger partial charge in [-0.1, -0.05) is 0 Å². The fourth-order valence-electron chi connectivity index (χ4n) is 3.36. The molecule has 2 aromatic rings. The maximum atomic E-state index is 12.3. The average Bonchev–Trinajstić information content (AvgIpc) is 3.33. The molecular formula is C17H19BrN2O3. The Kier molecular flexibility index (Phi) is 3.89. The number of hydrogen-bond acceptors (Lipinski definition) is 4. The maximum absolute atomic E-state index is 12.3. The zero-order valence-corrected chi connectivity index (χ0v) is 14.6. The van der Waals surface area contributed by atoms with Crippen molar-refractivity contribution in [1.82, 2.24) is 9.78 Å². The molecule has 5 nitrogen and oxygen atoms in total. The second-order valence-corrected chi connectivity index (χ2v) is 7.05. The minimum Gasteiger partial charge on any atom is -0.465 e. The van der Waals surface area contributed by atoms with E-state index in [0.717, 1.165) is 59.7 Å². The maximum Gasteiger partial charge on any atom is 0.338 e. The number of methoxy groups -OCH3 is 1. The third kappa shape index (κ3) is 2.58. The van der Waals surface area contributed by atoms with Crippen LogP contribution < -0.4 is 0 Å². The number of ether oxygens (including phenoxy) is 2. The molecule has 1 saturated heterocycles. The number of rotatable bonds is 3. The molecule has 23 heavy (non-hydrogen) atoms. The van der Waals surface area contributed by atoms with Gasteiger partial charge in [0.1, 0.15) is 0 Å². The van der Waals surface area contributed by atoms with E-state index in [1.165, 1.54) is 7.11 Å². The summed E-state index contributed by atoms with van der Waals surface area (Å²) < 4.78 is 13.7. The highest BCUT2D eigenvalue weighted by Crippen LogP contribution is 2.47. The normalized spacial score (nSPS) is 21.6. The molecule has 0 bridgehead atoms. The summed E-state index contributed by atoms with van der Waals surface area (Å²) in [5, 5.41) is 5.57. The molecule has 1 aliphatic carbocycles. The van der Waals surface area contributed by atoms with E-state index in [-0.39, 0.29) is 12.2 Å². The Morgan fingerprint density at radius 2 is 2.22 bits per heavy atom. The molecule has 122 valence electrons. The third-order valence-electron chi connectivity index (χ3n) is 4.70. The lowest BCUT2D eigenvalue weighted by atomic mass is 10.0. The first-order valence-electron chi connectivity index (χ1n) is 8.10. The Bertz CT molecular complexity index is 761. The second-order valence-electron chi connectivity index (χ2n) is 6.26. The molecule has 2 heterocycles. The standard InChI is InChI=1S/C17H19BrN2O3/c1-22-17(21)11-8-13-12(16(18)15(11)10-5-6-10)9-19-20(13)14-4-2-3-7-23-14/h8-10,14H,2-7H2,1H3. The van der Waals surface area contributed by atoms with Crippen LogP contribution in [0.5, 0.6) is 0 Å². The van der Waals surface area contributed by atoms with Gasteiger partial charge >= 0.3 is 5.97 Å². The summed E-state index contributed by atoms with van der Waals surface area (Å²) in [6.07, 6.45) is 7.24. The van der Waals surface area contributed by atoms with Crippen LogP contribution >= 0.6 is 15.9 Å². The van der Waals surface area contributed by atoms with Crippen molar-refractivity contribution in [3.05, 3.63) is 27.9 Å². The van der Waals surface area contributed by atoms with Gasteiger partial charge in [-0.05, 0) is 65.6 Å². The van der Waals surface area contributed by atoms with Crippen LogP contribution in [0, 0.1) is 0 Å². The monoisotopic (exact) mass is 378 g/mol. The van der Waals surface area contributed by atoms with Crippen LogP contribution in [-0.2, 0) is 9.47 Å². The quantitative estimate of drug-likeness (QED) is 0.752. The third-order valence-corrected chi connectivity index (χ3v) is 5.55. The summed E-state index contributed by atoms with van der Waals surface area (Å²) in [5.41, 5.74) is 2.63. The predicted molar refractivity (Wildman–Crippen MR) is 89.6 cm³/mol.